The molecule has 0 saturated heterocycles. The molecular formula is C7H6ClF4N. The van der Waals surface area contributed by atoms with E-state index in [1.807, 2.05) is 0 Å². The summed E-state index contributed by atoms with van der Waals surface area (Å²) in [6, 6.07) is 0.264. The van der Waals surface area contributed by atoms with Crippen LogP contribution in [0.1, 0.15) is 5.56 Å². The monoisotopic (exact) mass is 215 g/mol. The van der Waals surface area contributed by atoms with Gasteiger partial charge in [-0.25, -0.2) is 17.6 Å². The molecule has 0 bridgehead atoms. The average molecular weight is 216 g/mol. The van der Waals surface area contributed by atoms with Crippen LogP contribution in [0.25, 0.3) is 0 Å². The number of halogens is 5. The highest BCUT2D eigenvalue weighted by molar-refractivity contribution is 5.85. The third-order valence-electron chi connectivity index (χ3n) is 1.41. The van der Waals surface area contributed by atoms with Crippen LogP contribution in [-0.4, -0.2) is 0 Å². The van der Waals surface area contributed by atoms with Crippen molar-refractivity contribution < 1.29 is 17.6 Å². The lowest BCUT2D eigenvalue weighted by Crippen LogP contribution is -2.07. The van der Waals surface area contributed by atoms with E-state index in [2.05, 4.69) is 0 Å². The van der Waals surface area contributed by atoms with Gasteiger partial charge in [-0.3, -0.25) is 0 Å². The van der Waals surface area contributed by atoms with Crippen molar-refractivity contribution in [2.24, 2.45) is 5.73 Å². The quantitative estimate of drug-likeness (QED) is 0.434. The summed E-state index contributed by atoms with van der Waals surface area (Å²) >= 11 is 0. The molecule has 1 nitrogen and oxygen atoms in total. The Kier molecular flexibility index (Phi) is 4.16. The van der Waals surface area contributed by atoms with Gasteiger partial charge in [-0.05, 0) is 0 Å². The molecule has 0 fully saturated rings. The first kappa shape index (κ1) is 12.2. The van der Waals surface area contributed by atoms with Crippen LogP contribution in [-0.2, 0) is 6.54 Å². The van der Waals surface area contributed by atoms with Crippen molar-refractivity contribution in [2.75, 3.05) is 0 Å². The SMILES string of the molecule is Cl.NCc1c(F)cc(F)c(F)c1F. The fourth-order valence-corrected chi connectivity index (χ4v) is 0.791. The second kappa shape index (κ2) is 4.43. The van der Waals surface area contributed by atoms with Gasteiger partial charge in [-0.1, -0.05) is 0 Å². The summed E-state index contributed by atoms with van der Waals surface area (Å²) in [6.45, 7) is -0.505. The van der Waals surface area contributed by atoms with Crippen molar-refractivity contribution in [3.8, 4) is 0 Å². The largest absolute Gasteiger partial charge is 0.326 e. The highest BCUT2D eigenvalue weighted by Gasteiger charge is 2.17. The second-order valence-corrected chi connectivity index (χ2v) is 2.15. The first-order chi connectivity index (χ1) is 5.57. The van der Waals surface area contributed by atoms with Gasteiger partial charge in [0.1, 0.15) is 5.82 Å². The Balaban J connectivity index is 0.00000144. The lowest BCUT2D eigenvalue weighted by Gasteiger charge is -2.02. The van der Waals surface area contributed by atoms with Gasteiger partial charge in [0.05, 0.1) is 0 Å². The zero-order valence-corrected chi connectivity index (χ0v) is 7.10. The van der Waals surface area contributed by atoms with Gasteiger partial charge in [-0.15, -0.1) is 12.4 Å². The van der Waals surface area contributed by atoms with Crippen molar-refractivity contribution in [3.63, 3.8) is 0 Å². The van der Waals surface area contributed by atoms with Crippen LogP contribution in [0.2, 0.25) is 0 Å². The van der Waals surface area contributed by atoms with Gasteiger partial charge in [0.2, 0.25) is 0 Å². The standard InChI is InChI=1S/C7H5F4N.ClH/c8-4-1-5(9)7(11)6(10)3(4)2-12;/h1H,2,12H2;1H. The maximum Gasteiger partial charge on any atom is 0.194 e. The molecule has 0 atom stereocenters. The molecule has 0 aromatic heterocycles. The van der Waals surface area contributed by atoms with Gasteiger partial charge in [0, 0.05) is 18.2 Å². The predicted molar refractivity (Wildman–Crippen MR) is 41.4 cm³/mol. The highest BCUT2D eigenvalue weighted by atomic mass is 35.5. The summed E-state index contributed by atoms with van der Waals surface area (Å²) in [7, 11) is 0. The highest BCUT2D eigenvalue weighted by Crippen LogP contribution is 2.18. The number of rotatable bonds is 1. The van der Waals surface area contributed by atoms with Crippen molar-refractivity contribution in [1.29, 1.82) is 0 Å². The van der Waals surface area contributed by atoms with Crippen molar-refractivity contribution in [3.05, 3.63) is 34.9 Å². The van der Waals surface area contributed by atoms with E-state index in [0.29, 0.717) is 0 Å². The minimum absolute atomic E-state index is 0. The first-order valence-corrected chi connectivity index (χ1v) is 3.10. The smallest absolute Gasteiger partial charge is 0.194 e. The Morgan fingerprint density at radius 1 is 1.00 bits per heavy atom. The molecule has 0 aliphatic heterocycles. The summed E-state index contributed by atoms with van der Waals surface area (Å²) in [4.78, 5) is 0. The summed E-state index contributed by atoms with van der Waals surface area (Å²) in [5.74, 6) is -5.98. The minimum Gasteiger partial charge on any atom is -0.326 e. The van der Waals surface area contributed by atoms with Gasteiger partial charge in [0.25, 0.3) is 0 Å². The summed E-state index contributed by atoms with van der Waals surface area (Å²) in [5.41, 5.74) is 4.26. The van der Waals surface area contributed by atoms with Crippen molar-refractivity contribution in [1.82, 2.24) is 0 Å². The number of nitrogens with two attached hydrogens (primary N) is 1. The molecule has 13 heavy (non-hydrogen) atoms. The minimum atomic E-state index is -1.70. The van der Waals surface area contributed by atoms with Crippen LogP contribution in [0.3, 0.4) is 0 Å². The van der Waals surface area contributed by atoms with E-state index in [1.54, 1.807) is 0 Å². The van der Waals surface area contributed by atoms with Crippen LogP contribution in [0.4, 0.5) is 17.6 Å². The zero-order chi connectivity index (χ0) is 9.30. The van der Waals surface area contributed by atoms with Crippen LogP contribution in [0, 0.1) is 23.3 Å². The van der Waals surface area contributed by atoms with Crippen LogP contribution < -0.4 is 5.73 Å². The topological polar surface area (TPSA) is 26.0 Å². The molecule has 2 N–H and O–H groups in total. The van der Waals surface area contributed by atoms with E-state index in [0.717, 1.165) is 0 Å². The van der Waals surface area contributed by atoms with E-state index in [4.69, 9.17) is 5.73 Å². The molecule has 0 heterocycles. The Hall–Kier alpha value is -0.810. The molecule has 74 valence electrons. The Morgan fingerprint density at radius 3 is 2.00 bits per heavy atom. The number of hydrogen-bond acceptors (Lipinski definition) is 1. The molecule has 1 aromatic rings. The van der Waals surface area contributed by atoms with E-state index < -0.39 is 35.4 Å². The molecular weight excluding hydrogens is 210 g/mol. The fourth-order valence-electron chi connectivity index (χ4n) is 0.791. The molecule has 1 aromatic carbocycles. The molecule has 0 saturated carbocycles. The van der Waals surface area contributed by atoms with E-state index in [1.165, 1.54) is 0 Å². The fraction of sp³-hybridized carbons (Fsp3) is 0.143. The van der Waals surface area contributed by atoms with Gasteiger partial charge in [-0.2, -0.15) is 0 Å². The molecule has 0 aliphatic carbocycles. The van der Waals surface area contributed by atoms with Crippen LogP contribution in [0.5, 0.6) is 0 Å². The van der Waals surface area contributed by atoms with Gasteiger partial charge < -0.3 is 5.73 Å². The maximum atomic E-state index is 12.6. The van der Waals surface area contributed by atoms with E-state index >= 15 is 0 Å². The predicted octanol–water partition coefficient (Wildman–Crippen LogP) is 2.12. The van der Waals surface area contributed by atoms with Crippen molar-refractivity contribution >= 4 is 12.4 Å². The van der Waals surface area contributed by atoms with Crippen LogP contribution in [0.15, 0.2) is 6.07 Å². The molecule has 0 spiro atoms. The summed E-state index contributed by atoms with van der Waals surface area (Å²) < 4.78 is 49.8. The first-order valence-electron chi connectivity index (χ1n) is 3.10. The van der Waals surface area contributed by atoms with Crippen LogP contribution >= 0.6 is 12.4 Å². The molecule has 0 unspecified atom stereocenters. The lowest BCUT2D eigenvalue weighted by molar-refractivity contribution is 0.425. The van der Waals surface area contributed by atoms with E-state index in [9.17, 15) is 17.6 Å². The summed E-state index contributed by atoms with van der Waals surface area (Å²) in [5, 5.41) is 0. The average Bonchev–Trinajstić information content (AvgIpc) is 2.01. The van der Waals surface area contributed by atoms with E-state index in [-0.39, 0.29) is 18.5 Å². The molecule has 0 amide bonds. The Bertz CT molecular complexity index is 316. The van der Waals surface area contributed by atoms with Gasteiger partial charge in [0.15, 0.2) is 17.5 Å². The molecule has 6 heteroatoms. The Labute approximate surface area is 78.0 Å². The number of hydrogen-bond donors (Lipinski definition) is 1. The zero-order valence-electron chi connectivity index (χ0n) is 6.28. The normalized spacial score (nSPS) is 9.62. The molecule has 0 radical (unpaired) electrons. The maximum absolute atomic E-state index is 12.6. The third kappa shape index (κ3) is 2.10. The summed E-state index contributed by atoms with van der Waals surface area (Å²) in [6.07, 6.45) is 0. The second-order valence-electron chi connectivity index (χ2n) is 2.15. The third-order valence-corrected chi connectivity index (χ3v) is 1.41. The molecule has 1 rings (SSSR count). The Morgan fingerprint density at radius 2 is 1.54 bits per heavy atom. The number of benzene rings is 1. The van der Waals surface area contributed by atoms with Crippen molar-refractivity contribution in [2.45, 2.75) is 6.54 Å². The lowest BCUT2D eigenvalue weighted by atomic mass is 10.2. The van der Waals surface area contributed by atoms with Gasteiger partial charge >= 0.3 is 0 Å². The molecule has 0 aliphatic rings.